The van der Waals surface area contributed by atoms with E-state index in [9.17, 15) is 9.59 Å². The fraction of sp³-hybridized carbons (Fsp3) is 0.222. The van der Waals surface area contributed by atoms with Crippen molar-refractivity contribution in [2.24, 2.45) is 0 Å². The number of nitrogens with one attached hydrogen (secondary N) is 2. The Bertz CT molecular complexity index is 881. The van der Waals surface area contributed by atoms with E-state index < -0.39 is 0 Å². The average Bonchev–Trinajstić information content (AvgIpc) is 2.97. The van der Waals surface area contributed by atoms with Crippen LogP contribution in [-0.2, 0) is 9.53 Å². The van der Waals surface area contributed by atoms with Crippen molar-refractivity contribution >= 4 is 51.8 Å². The van der Waals surface area contributed by atoms with Crippen LogP contribution in [0.4, 0.5) is 5.69 Å². The summed E-state index contributed by atoms with van der Waals surface area (Å²) in [5, 5.41) is 2.86. The van der Waals surface area contributed by atoms with Crippen LogP contribution in [0.1, 0.15) is 39.8 Å². The Morgan fingerprint density at radius 3 is 2.79 bits per heavy atom. The smallest absolute Gasteiger partial charge is 0.340 e. The first-order valence-electron chi connectivity index (χ1n) is 7.61. The zero-order chi connectivity index (χ0) is 17.4. The van der Waals surface area contributed by atoms with Gasteiger partial charge in [0.25, 0.3) is 5.91 Å². The number of aromatic amines is 1. The Kier molecular flexibility index (Phi) is 4.49. The van der Waals surface area contributed by atoms with Crippen molar-refractivity contribution in [1.29, 1.82) is 0 Å². The summed E-state index contributed by atoms with van der Waals surface area (Å²) in [5.74, 6) is -0.490. The number of esters is 1. The van der Waals surface area contributed by atoms with Crippen LogP contribution in [0, 0.1) is 17.4 Å². The molecule has 5 nitrogen and oxygen atoms in total. The molecule has 0 saturated carbocycles. The van der Waals surface area contributed by atoms with Gasteiger partial charge in [-0.25, -0.2) is 4.79 Å². The lowest BCUT2D eigenvalue weighted by atomic mass is 10.0. The third-order valence-electron chi connectivity index (χ3n) is 4.01. The van der Waals surface area contributed by atoms with E-state index in [2.05, 4.69) is 32.9 Å². The number of rotatable bonds is 3. The first-order valence-corrected chi connectivity index (χ1v) is 8.69. The zero-order valence-corrected chi connectivity index (χ0v) is 15.8. The van der Waals surface area contributed by atoms with Gasteiger partial charge in [0.05, 0.1) is 17.7 Å². The molecule has 1 amide bonds. The second-order valence-corrected chi connectivity index (χ2v) is 6.83. The maximum Gasteiger partial charge on any atom is 0.340 e. The molecule has 2 aromatic rings. The van der Waals surface area contributed by atoms with Gasteiger partial charge in [0.1, 0.15) is 0 Å². The maximum atomic E-state index is 12.3. The van der Waals surface area contributed by atoms with Crippen LogP contribution in [0.5, 0.6) is 0 Å². The molecule has 2 heterocycles. The van der Waals surface area contributed by atoms with Crippen molar-refractivity contribution in [2.45, 2.75) is 20.8 Å². The number of amides is 1. The highest BCUT2D eigenvalue weighted by Gasteiger charge is 2.26. The molecule has 24 heavy (non-hydrogen) atoms. The summed E-state index contributed by atoms with van der Waals surface area (Å²) in [6.07, 6.45) is 1.79. The largest absolute Gasteiger partial charge is 0.462 e. The summed E-state index contributed by atoms with van der Waals surface area (Å²) in [7, 11) is 0. The first kappa shape index (κ1) is 16.8. The molecule has 2 N–H and O–H groups in total. The molecule has 3 rings (SSSR count). The van der Waals surface area contributed by atoms with Crippen molar-refractivity contribution in [3.05, 3.63) is 49.8 Å². The zero-order valence-electron chi connectivity index (χ0n) is 13.6. The van der Waals surface area contributed by atoms with Crippen molar-refractivity contribution < 1.29 is 14.3 Å². The van der Waals surface area contributed by atoms with Gasteiger partial charge in [0, 0.05) is 26.2 Å². The van der Waals surface area contributed by atoms with Crippen molar-refractivity contribution in [2.75, 3.05) is 11.9 Å². The molecule has 0 atom stereocenters. The number of carbonyl (C=O) groups is 2. The number of aromatic nitrogens is 1. The second kappa shape index (κ2) is 6.43. The molecule has 0 aliphatic carbocycles. The molecular weight excluding hydrogens is 419 g/mol. The average molecular weight is 436 g/mol. The lowest BCUT2D eigenvalue weighted by Crippen LogP contribution is -2.06. The van der Waals surface area contributed by atoms with E-state index in [1.165, 1.54) is 0 Å². The van der Waals surface area contributed by atoms with Gasteiger partial charge in [-0.15, -0.1) is 0 Å². The molecule has 0 bridgehead atoms. The van der Waals surface area contributed by atoms with Crippen molar-refractivity contribution in [3.63, 3.8) is 0 Å². The third-order valence-corrected chi connectivity index (χ3v) is 4.68. The van der Waals surface area contributed by atoms with Crippen LogP contribution in [0.3, 0.4) is 0 Å². The van der Waals surface area contributed by atoms with Crippen LogP contribution >= 0.6 is 22.6 Å². The Balaban J connectivity index is 2.08. The summed E-state index contributed by atoms with van der Waals surface area (Å²) in [6, 6.07) is 5.81. The summed E-state index contributed by atoms with van der Waals surface area (Å²) in [5.41, 5.74) is 5.06. The maximum absolute atomic E-state index is 12.3. The monoisotopic (exact) mass is 436 g/mol. The molecule has 6 heteroatoms. The summed E-state index contributed by atoms with van der Waals surface area (Å²) in [4.78, 5) is 27.6. The van der Waals surface area contributed by atoms with E-state index in [0.717, 1.165) is 31.8 Å². The number of halogens is 1. The molecule has 0 saturated heterocycles. The predicted molar refractivity (Wildman–Crippen MR) is 102 cm³/mol. The number of aryl methyl sites for hydroxylation is 1. The predicted octanol–water partition coefficient (Wildman–Crippen LogP) is 3.91. The van der Waals surface area contributed by atoms with Gasteiger partial charge in [0.15, 0.2) is 0 Å². The topological polar surface area (TPSA) is 71.2 Å². The number of H-pyrrole nitrogens is 1. The highest BCUT2D eigenvalue weighted by Crippen LogP contribution is 2.35. The van der Waals surface area contributed by atoms with Gasteiger partial charge in [0.2, 0.25) is 0 Å². The first-order chi connectivity index (χ1) is 11.4. The molecule has 0 unspecified atom stereocenters. The Labute approximate surface area is 153 Å². The quantitative estimate of drug-likeness (QED) is 0.436. The number of carbonyl (C=O) groups excluding carboxylic acids is 2. The van der Waals surface area contributed by atoms with Crippen molar-refractivity contribution in [1.82, 2.24) is 4.98 Å². The van der Waals surface area contributed by atoms with Gasteiger partial charge >= 0.3 is 5.97 Å². The molecule has 0 fully saturated rings. The number of benzene rings is 1. The summed E-state index contributed by atoms with van der Waals surface area (Å²) < 4.78 is 6.16. The number of fused-ring (bicyclic) bond motifs is 1. The van der Waals surface area contributed by atoms with Gasteiger partial charge in [-0.1, -0.05) is 0 Å². The number of hydrogen-bond donors (Lipinski definition) is 2. The molecule has 1 aliphatic heterocycles. The highest BCUT2D eigenvalue weighted by molar-refractivity contribution is 14.1. The fourth-order valence-corrected chi connectivity index (χ4v) is 3.37. The fourth-order valence-electron chi connectivity index (χ4n) is 2.88. The number of hydrogen-bond acceptors (Lipinski definition) is 3. The molecule has 124 valence electrons. The van der Waals surface area contributed by atoms with Crippen LogP contribution < -0.4 is 5.32 Å². The molecule has 1 aliphatic rings. The van der Waals surface area contributed by atoms with Crippen molar-refractivity contribution in [3.8, 4) is 0 Å². The lowest BCUT2D eigenvalue weighted by molar-refractivity contribution is -0.110. The van der Waals surface area contributed by atoms with E-state index in [-0.39, 0.29) is 11.9 Å². The highest BCUT2D eigenvalue weighted by atomic mass is 127. The Hall–Kier alpha value is -2.09. The molecule has 1 aromatic heterocycles. The third kappa shape index (κ3) is 2.86. The normalized spacial score (nSPS) is 14.7. The van der Waals surface area contributed by atoms with E-state index in [0.29, 0.717) is 17.7 Å². The molecule has 1 aromatic carbocycles. The molecular formula is C18H17IN2O3. The van der Waals surface area contributed by atoms with Gasteiger partial charge in [-0.2, -0.15) is 0 Å². The minimum Gasteiger partial charge on any atom is -0.462 e. The molecule has 0 radical (unpaired) electrons. The number of ether oxygens (including phenoxy) is 1. The van der Waals surface area contributed by atoms with E-state index in [4.69, 9.17) is 4.74 Å². The second-order valence-electron chi connectivity index (χ2n) is 5.59. The van der Waals surface area contributed by atoms with E-state index in [1.807, 2.05) is 32.0 Å². The summed E-state index contributed by atoms with van der Waals surface area (Å²) in [6.45, 7) is 5.78. The van der Waals surface area contributed by atoms with Gasteiger partial charge < -0.3 is 15.0 Å². The number of anilines is 1. The lowest BCUT2D eigenvalue weighted by Gasteiger charge is -2.02. The molecule has 0 spiro atoms. The van der Waals surface area contributed by atoms with Gasteiger partial charge in [-0.3, -0.25) is 4.79 Å². The SMILES string of the molecule is CCOC(=O)c1c(C)[nH]c(/C=C2\C(=O)Nc3ccc(I)cc32)c1C. The van der Waals surface area contributed by atoms with E-state index in [1.54, 1.807) is 13.0 Å². The standard InChI is InChI=1S/C18H17IN2O3/c1-4-24-18(23)16-9(2)15(20-10(16)3)8-13-12-7-11(19)5-6-14(12)21-17(13)22/h5-8,20H,4H2,1-3H3,(H,21,22)/b13-8-. The van der Waals surface area contributed by atoms with Crippen LogP contribution in [0.15, 0.2) is 18.2 Å². The van der Waals surface area contributed by atoms with Crippen LogP contribution in [-0.4, -0.2) is 23.5 Å². The van der Waals surface area contributed by atoms with Crippen LogP contribution in [0.25, 0.3) is 11.6 Å². The summed E-state index contributed by atoms with van der Waals surface area (Å²) >= 11 is 2.22. The Morgan fingerprint density at radius 2 is 2.08 bits per heavy atom. The van der Waals surface area contributed by atoms with Crippen LogP contribution in [0.2, 0.25) is 0 Å². The Morgan fingerprint density at radius 1 is 1.33 bits per heavy atom. The van der Waals surface area contributed by atoms with E-state index >= 15 is 0 Å². The minimum absolute atomic E-state index is 0.142. The minimum atomic E-state index is -0.348. The van der Waals surface area contributed by atoms with Gasteiger partial charge in [-0.05, 0) is 73.2 Å².